The Morgan fingerprint density at radius 2 is 2.15 bits per heavy atom. The van der Waals surface area contributed by atoms with Gasteiger partial charge in [0.05, 0.1) is 9.50 Å². The van der Waals surface area contributed by atoms with Crippen molar-refractivity contribution >= 4 is 38.4 Å². The molecule has 0 saturated heterocycles. The number of phenols is 1. The van der Waals surface area contributed by atoms with Gasteiger partial charge in [-0.1, -0.05) is 11.6 Å². The molecule has 0 aliphatic heterocycles. The summed E-state index contributed by atoms with van der Waals surface area (Å²) in [5, 5.41) is 10.8. The predicted molar refractivity (Wildman–Crippen MR) is 57.4 cm³/mol. The molecule has 2 N–H and O–H groups in total. The maximum atomic E-state index is 9.52. The summed E-state index contributed by atoms with van der Waals surface area (Å²) in [4.78, 5) is 3.14. The second-order valence-corrected chi connectivity index (χ2v) is 4.17. The molecule has 1 aromatic heterocycles. The molecular formula is C9H7BrClNO. The van der Waals surface area contributed by atoms with Crippen LogP contribution in [0.25, 0.3) is 10.9 Å². The first-order valence-electron chi connectivity index (χ1n) is 3.76. The van der Waals surface area contributed by atoms with E-state index in [0.29, 0.717) is 9.50 Å². The zero-order chi connectivity index (χ0) is 9.59. The number of aromatic nitrogens is 1. The van der Waals surface area contributed by atoms with Crippen molar-refractivity contribution in [2.75, 3.05) is 0 Å². The van der Waals surface area contributed by atoms with E-state index < -0.39 is 0 Å². The lowest BCUT2D eigenvalue weighted by atomic mass is 10.2. The van der Waals surface area contributed by atoms with Gasteiger partial charge in [0, 0.05) is 16.6 Å². The predicted octanol–water partition coefficient (Wildman–Crippen LogP) is 3.60. The fourth-order valence-corrected chi connectivity index (χ4v) is 2.13. The van der Waals surface area contributed by atoms with Gasteiger partial charge in [0.2, 0.25) is 0 Å². The molecule has 0 amide bonds. The zero-order valence-corrected chi connectivity index (χ0v) is 9.20. The van der Waals surface area contributed by atoms with Crippen LogP contribution in [-0.4, -0.2) is 10.1 Å². The number of aromatic hydroxyl groups is 1. The first kappa shape index (κ1) is 8.91. The first-order chi connectivity index (χ1) is 6.09. The Hall–Kier alpha value is -0.670. The topological polar surface area (TPSA) is 36.0 Å². The van der Waals surface area contributed by atoms with Gasteiger partial charge in [0.25, 0.3) is 0 Å². The summed E-state index contributed by atoms with van der Waals surface area (Å²) in [7, 11) is 0. The number of hydrogen-bond acceptors (Lipinski definition) is 1. The van der Waals surface area contributed by atoms with Crippen molar-refractivity contribution in [3.05, 3.63) is 27.3 Å². The van der Waals surface area contributed by atoms with Crippen LogP contribution in [0.3, 0.4) is 0 Å². The average molecular weight is 261 g/mol. The Morgan fingerprint density at radius 1 is 1.46 bits per heavy atom. The Labute approximate surface area is 88.7 Å². The van der Waals surface area contributed by atoms with E-state index in [1.54, 1.807) is 0 Å². The number of hydrogen-bond donors (Lipinski definition) is 2. The second kappa shape index (κ2) is 2.93. The summed E-state index contributed by atoms with van der Waals surface area (Å²) in [6.45, 7) is 1.95. The highest BCUT2D eigenvalue weighted by molar-refractivity contribution is 9.10. The zero-order valence-electron chi connectivity index (χ0n) is 6.86. The summed E-state index contributed by atoms with van der Waals surface area (Å²) >= 11 is 9.17. The summed E-state index contributed by atoms with van der Waals surface area (Å²) < 4.78 is 0.604. The number of aromatic amines is 1. The molecule has 2 aromatic rings. The fraction of sp³-hybridized carbons (Fsp3) is 0.111. The van der Waals surface area contributed by atoms with E-state index in [9.17, 15) is 5.11 Å². The van der Waals surface area contributed by atoms with Crippen LogP contribution in [0.5, 0.6) is 5.75 Å². The highest BCUT2D eigenvalue weighted by Gasteiger charge is 2.10. The summed E-state index contributed by atoms with van der Waals surface area (Å²) in [5.74, 6) is 0.0909. The fourth-order valence-electron chi connectivity index (χ4n) is 1.33. The molecule has 13 heavy (non-hydrogen) atoms. The van der Waals surface area contributed by atoms with Crippen LogP contribution >= 0.6 is 27.5 Å². The molecule has 68 valence electrons. The van der Waals surface area contributed by atoms with Crippen LogP contribution in [0.1, 0.15) is 5.69 Å². The van der Waals surface area contributed by atoms with Crippen LogP contribution in [0, 0.1) is 6.92 Å². The van der Waals surface area contributed by atoms with E-state index in [1.807, 2.05) is 19.1 Å². The van der Waals surface area contributed by atoms with Crippen LogP contribution in [0.4, 0.5) is 0 Å². The minimum Gasteiger partial charge on any atom is -0.505 e. The molecule has 2 rings (SSSR count). The van der Waals surface area contributed by atoms with Gasteiger partial charge >= 0.3 is 0 Å². The van der Waals surface area contributed by atoms with Gasteiger partial charge in [-0.05, 0) is 35.0 Å². The Bertz CT molecular complexity index is 478. The molecule has 0 spiro atoms. The molecule has 1 heterocycles. The number of aryl methyl sites for hydroxylation is 1. The highest BCUT2D eigenvalue weighted by Crippen LogP contribution is 2.38. The van der Waals surface area contributed by atoms with Crippen LogP contribution in [0.2, 0.25) is 5.02 Å². The lowest BCUT2D eigenvalue weighted by Gasteiger charge is -2.00. The third kappa shape index (κ3) is 1.32. The second-order valence-electron chi connectivity index (χ2n) is 2.93. The Morgan fingerprint density at radius 3 is 2.85 bits per heavy atom. The van der Waals surface area contributed by atoms with E-state index in [0.717, 1.165) is 16.6 Å². The van der Waals surface area contributed by atoms with Crippen molar-refractivity contribution in [1.29, 1.82) is 0 Å². The van der Waals surface area contributed by atoms with Gasteiger partial charge < -0.3 is 10.1 Å². The third-order valence-corrected chi connectivity index (χ3v) is 2.91. The molecule has 0 saturated carbocycles. The highest BCUT2D eigenvalue weighted by atomic mass is 79.9. The maximum absolute atomic E-state index is 9.52. The molecule has 0 bridgehead atoms. The van der Waals surface area contributed by atoms with Gasteiger partial charge in [-0.15, -0.1) is 0 Å². The molecule has 0 aliphatic carbocycles. The molecule has 1 aromatic carbocycles. The van der Waals surface area contributed by atoms with Crippen LogP contribution in [-0.2, 0) is 0 Å². The maximum Gasteiger partial charge on any atom is 0.149 e. The minimum absolute atomic E-state index is 0.0909. The average Bonchev–Trinajstić information content (AvgIpc) is 2.42. The van der Waals surface area contributed by atoms with Crippen molar-refractivity contribution in [3.8, 4) is 5.75 Å². The molecule has 4 heteroatoms. The number of fused-ring (bicyclic) bond motifs is 1. The number of benzene rings is 1. The Balaban J connectivity index is 2.92. The van der Waals surface area contributed by atoms with Gasteiger partial charge in [-0.3, -0.25) is 0 Å². The van der Waals surface area contributed by atoms with Crippen molar-refractivity contribution in [2.45, 2.75) is 6.92 Å². The molecule has 2 nitrogen and oxygen atoms in total. The van der Waals surface area contributed by atoms with Crippen molar-refractivity contribution in [3.63, 3.8) is 0 Å². The molecular weight excluding hydrogens is 253 g/mol. The van der Waals surface area contributed by atoms with Gasteiger partial charge in [0.1, 0.15) is 5.75 Å². The monoisotopic (exact) mass is 259 g/mol. The number of phenolic OH excluding ortho intramolecular Hbond substituents is 1. The lowest BCUT2D eigenvalue weighted by Crippen LogP contribution is -1.74. The summed E-state index contributed by atoms with van der Waals surface area (Å²) in [5.41, 5.74) is 1.95. The van der Waals surface area contributed by atoms with Gasteiger partial charge in [-0.25, -0.2) is 0 Å². The molecule has 0 aliphatic rings. The normalized spacial score (nSPS) is 11.0. The van der Waals surface area contributed by atoms with Crippen molar-refractivity contribution in [1.82, 2.24) is 4.98 Å². The molecule has 0 fully saturated rings. The molecule has 0 unspecified atom stereocenters. The summed E-state index contributed by atoms with van der Waals surface area (Å²) in [6.07, 6.45) is 0. The first-order valence-corrected chi connectivity index (χ1v) is 4.93. The quantitative estimate of drug-likeness (QED) is 0.746. The minimum atomic E-state index is 0.0909. The Kier molecular flexibility index (Phi) is 2.00. The summed E-state index contributed by atoms with van der Waals surface area (Å²) in [6, 6.07) is 3.72. The van der Waals surface area contributed by atoms with Gasteiger partial charge in [-0.2, -0.15) is 0 Å². The van der Waals surface area contributed by atoms with Crippen molar-refractivity contribution in [2.24, 2.45) is 0 Å². The standard InChI is InChI=1S/C9H7BrClNO/c1-4-2-5-7(12-4)3-6(10)9(13)8(5)11/h2-3,12-13H,1H3. The molecule has 0 atom stereocenters. The number of halogens is 2. The van der Waals surface area contributed by atoms with E-state index >= 15 is 0 Å². The van der Waals surface area contributed by atoms with Crippen molar-refractivity contribution < 1.29 is 5.11 Å². The van der Waals surface area contributed by atoms with E-state index in [2.05, 4.69) is 20.9 Å². The number of H-pyrrole nitrogens is 1. The van der Waals surface area contributed by atoms with Gasteiger partial charge in [0.15, 0.2) is 0 Å². The number of rotatable bonds is 0. The van der Waals surface area contributed by atoms with E-state index in [4.69, 9.17) is 11.6 Å². The van der Waals surface area contributed by atoms with E-state index in [-0.39, 0.29) is 5.75 Å². The third-order valence-electron chi connectivity index (χ3n) is 1.92. The largest absolute Gasteiger partial charge is 0.505 e. The number of nitrogens with one attached hydrogen (secondary N) is 1. The van der Waals surface area contributed by atoms with E-state index in [1.165, 1.54) is 0 Å². The molecule has 0 radical (unpaired) electrons. The lowest BCUT2D eigenvalue weighted by molar-refractivity contribution is 0.473. The van der Waals surface area contributed by atoms with Crippen LogP contribution < -0.4 is 0 Å². The smallest absolute Gasteiger partial charge is 0.149 e. The SMILES string of the molecule is Cc1cc2c(Cl)c(O)c(Br)cc2[nH]1. The van der Waals surface area contributed by atoms with Crippen LogP contribution in [0.15, 0.2) is 16.6 Å².